The minimum Gasteiger partial charge on any atom is -0.468 e. The molecule has 5 heteroatoms. The molecule has 4 nitrogen and oxygen atoms in total. The van der Waals surface area contributed by atoms with Crippen LogP contribution in [0.3, 0.4) is 0 Å². The van der Waals surface area contributed by atoms with Crippen LogP contribution in [0.15, 0.2) is 6.07 Å². The molecule has 18 heavy (non-hydrogen) atoms. The second kappa shape index (κ2) is 6.54. The standard InChI is InChI=1S/C13H19NO3S/c1-5-10-7-11(18-9(10)3)13(16)14(6-2)8-12(15)17-4/h7H,5-6,8H2,1-4H3. The number of hydrogen-bond acceptors (Lipinski definition) is 4. The Kier molecular flexibility index (Phi) is 5.34. The highest BCUT2D eigenvalue weighted by atomic mass is 32.1. The van der Waals surface area contributed by atoms with Gasteiger partial charge in [0.15, 0.2) is 0 Å². The molecule has 0 atom stereocenters. The highest BCUT2D eigenvalue weighted by molar-refractivity contribution is 7.14. The molecule has 1 rings (SSSR count). The van der Waals surface area contributed by atoms with Crippen LogP contribution in [0, 0.1) is 6.92 Å². The van der Waals surface area contributed by atoms with E-state index in [0.29, 0.717) is 11.4 Å². The Morgan fingerprint density at radius 2 is 2.06 bits per heavy atom. The number of rotatable bonds is 5. The van der Waals surface area contributed by atoms with Crippen LogP contribution < -0.4 is 0 Å². The lowest BCUT2D eigenvalue weighted by Gasteiger charge is -2.18. The van der Waals surface area contributed by atoms with Crippen molar-refractivity contribution in [3.05, 3.63) is 21.4 Å². The van der Waals surface area contributed by atoms with Gasteiger partial charge in [-0.2, -0.15) is 0 Å². The molecule has 0 aromatic carbocycles. The topological polar surface area (TPSA) is 46.6 Å². The molecule has 0 aliphatic heterocycles. The zero-order valence-corrected chi connectivity index (χ0v) is 12.1. The third kappa shape index (κ3) is 3.32. The summed E-state index contributed by atoms with van der Waals surface area (Å²) in [7, 11) is 1.32. The van der Waals surface area contributed by atoms with Crippen molar-refractivity contribution in [3.63, 3.8) is 0 Å². The lowest BCUT2D eigenvalue weighted by Crippen LogP contribution is -2.35. The summed E-state index contributed by atoms with van der Waals surface area (Å²) in [5.74, 6) is -0.495. The predicted molar refractivity (Wildman–Crippen MR) is 72.0 cm³/mol. The van der Waals surface area contributed by atoms with Crippen molar-refractivity contribution in [1.82, 2.24) is 4.90 Å². The molecule has 0 spiro atoms. The Bertz CT molecular complexity index is 439. The molecule has 1 heterocycles. The first-order chi connectivity index (χ1) is 8.53. The molecule has 0 saturated carbocycles. The molecule has 0 N–H and O–H groups in total. The highest BCUT2D eigenvalue weighted by Gasteiger charge is 2.20. The fourth-order valence-electron chi connectivity index (χ4n) is 1.68. The SMILES string of the molecule is CCc1cc(C(=O)N(CC)CC(=O)OC)sc1C. The Balaban J connectivity index is 2.85. The summed E-state index contributed by atoms with van der Waals surface area (Å²) in [5.41, 5.74) is 1.19. The number of thiophene rings is 1. The van der Waals surface area contributed by atoms with Gasteiger partial charge >= 0.3 is 5.97 Å². The van der Waals surface area contributed by atoms with Crippen molar-refractivity contribution in [3.8, 4) is 0 Å². The monoisotopic (exact) mass is 269 g/mol. The summed E-state index contributed by atoms with van der Waals surface area (Å²) >= 11 is 1.48. The van der Waals surface area contributed by atoms with Crippen molar-refractivity contribution < 1.29 is 14.3 Å². The van der Waals surface area contributed by atoms with Crippen LogP contribution >= 0.6 is 11.3 Å². The Morgan fingerprint density at radius 3 is 2.50 bits per heavy atom. The van der Waals surface area contributed by atoms with Gasteiger partial charge in [0.2, 0.25) is 0 Å². The summed E-state index contributed by atoms with van der Waals surface area (Å²) in [6, 6.07) is 1.92. The van der Waals surface area contributed by atoms with Gasteiger partial charge in [0.1, 0.15) is 6.54 Å². The van der Waals surface area contributed by atoms with Crippen molar-refractivity contribution in [2.24, 2.45) is 0 Å². The van der Waals surface area contributed by atoms with Gasteiger partial charge in [-0.3, -0.25) is 9.59 Å². The molecule has 0 unspecified atom stereocenters. The zero-order chi connectivity index (χ0) is 13.7. The normalized spacial score (nSPS) is 10.2. The number of aryl methyl sites for hydroxylation is 2. The molecule has 1 aromatic heterocycles. The molecule has 0 saturated heterocycles. The number of carbonyl (C=O) groups is 2. The molecule has 1 aromatic rings. The average molecular weight is 269 g/mol. The Morgan fingerprint density at radius 1 is 1.39 bits per heavy atom. The van der Waals surface area contributed by atoms with Crippen LogP contribution in [0.1, 0.15) is 34.0 Å². The molecule has 100 valence electrons. The number of esters is 1. The van der Waals surface area contributed by atoms with Crippen LogP contribution in [0.25, 0.3) is 0 Å². The van der Waals surface area contributed by atoms with Crippen LogP contribution in [-0.4, -0.2) is 37.0 Å². The largest absolute Gasteiger partial charge is 0.468 e. The number of methoxy groups -OCH3 is 1. The number of carbonyl (C=O) groups excluding carboxylic acids is 2. The van der Waals surface area contributed by atoms with Gasteiger partial charge in [-0.05, 0) is 31.9 Å². The molecular formula is C13H19NO3S. The van der Waals surface area contributed by atoms with Gasteiger partial charge in [-0.15, -0.1) is 11.3 Å². The van der Waals surface area contributed by atoms with E-state index in [1.165, 1.54) is 28.9 Å². The summed E-state index contributed by atoms with van der Waals surface area (Å²) in [4.78, 5) is 26.8. The lowest BCUT2D eigenvalue weighted by atomic mass is 10.2. The Hall–Kier alpha value is -1.36. The van der Waals surface area contributed by atoms with E-state index in [4.69, 9.17) is 0 Å². The minimum atomic E-state index is -0.394. The number of ether oxygens (including phenoxy) is 1. The first-order valence-electron chi connectivity index (χ1n) is 5.98. The van der Waals surface area contributed by atoms with E-state index in [2.05, 4.69) is 11.7 Å². The molecule has 0 fully saturated rings. The third-order valence-electron chi connectivity index (χ3n) is 2.83. The van der Waals surface area contributed by atoms with E-state index in [1.807, 2.05) is 19.9 Å². The van der Waals surface area contributed by atoms with E-state index in [9.17, 15) is 9.59 Å². The van der Waals surface area contributed by atoms with Crippen molar-refractivity contribution >= 4 is 23.2 Å². The maximum absolute atomic E-state index is 12.2. The number of hydrogen-bond donors (Lipinski definition) is 0. The van der Waals surface area contributed by atoms with E-state index in [1.54, 1.807) is 0 Å². The first-order valence-corrected chi connectivity index (χ1v) is 6.80. The lowest BCUT2D eigenvalue weighted by molar-refractivity contribution is -0.141. The third-order valence-corrected chi connectivity index (χ3v) is 3.91. The summed E-state index contributed by atoms with van der Waals surface area (Å²) in [5, 5.41) is 0. The van der Waals surface area contributed by atoms with Crippen LogP contribution in [-0.2, 0) is 16.0 Å². The van der Waals surface area contributed by atoms with Gasteiger partial charge in [0, 0.05) is 11.4 Å². The van der Waals surface area contributed by atoms with Gasteiger partial charge < -0.3 is 9.64 Å². The van der Waals surface area contributed by atoms with Crippen LogP contribution in [0.2, 0.25) is 0 Å². The van der Waals surface area contributed by atoms with E-state index in [-0.39, 0.29) is 12.5 Å². The smallest absolute Gasteiger partial charge is 0.325 e. The van der Waals surface area contributed by atoms with E-state index >= 15 is 0 Å². The Labute approximate surface area is 112 Å². The number of amides is 1. The summed E-state index contributed by atoms with van der Waals surface area (Å²) in [6.45, 7) is 6.42. The van der Waals surface area contributed by atoms with Crippen LogP contribution in [0.5, 0.6) is 0 Å². The average Bonchev–Trinajstić information content (AvgIpc) is 2.76. The second-order valence-electron chi connectivity index (χ2n) is 3.94. The van der Waals surface area contributed by atoms with E-state index in [0.717, 1.165) is 11.3 Å². The maximum atomic E-state index is 12.2. The van der Waals surface area contributed by atoms with Gasteiger partial charge in [0.25, 0.3) is 5.91 Å². The van der Waals surface area contributed by atoms with Gasteiger partial charge in [-0.25, -0.2) is 0 Å². The molecule has 0 radical (unpaired) electrons. The summed E-state index contributed by atoms with van der Waals surface area (Å²) < 4.78 is 4.59. The number of nitrogens with zero attached hydrogens (tertiary/aromatic N) is 1. The summed E-state index contributed by atoms with van der Waals surface area (Å²) in [6.07, 6.45) is 0.915. The van der Waals surface area contributed by atoms with Gasteiger partial charge in [0.05, 0.1) is 12.0 Å². The van der Waals surface area contributed by atoms with Gasteiger partial charge in [-0.1, -0.05) is 6.92 Å². The zero-order valence-electron chi connectivity index (χ0n) is 11.3. The predicted octanol–water partition coefficient (Wildman–Crippen LogP) is 2.25. The first kappa shape index (κ1) is 14.7. The minimum absolute atomic E-state index is 0.00421. The van der Waals surface area contributed by atoms with E-state index < -0.39 is 5.97 Å². The molecule has 0 bridgehead atoms. The second-order valence-corrected chi connectivity index (χ2v) is 5.20. The molecule has 0 aliphatic carbocycles. The fourth-order valence-corrected chi connectivity index (χ4v) is 2.76. The highest BCUT2D eigenvalue weighted by Crippen LogP contribution is 2.23. The fraction of sp³-hybridized carbons (Fsp3) is 0.538. The number of likely N-dealkylation sites (N-methyl/N-ethyl adjacent to an activating group) is 1. The maximum Gasteiger partial charge on any atom is 0.325 e. The van der Waals surface area contributed by atoms with Crippen molar-refractivity contribution in [2.75, 3.05) is 20.2 Å². The molecular weight excluding hydrogens is 250 g/mol. The quantitative estimate of drug-likeness (QED) is 0.770. The molecule has 1 amide bonds. The van der Waals surface area contributed by atoms with Crippen LogP contribution in [0.4, 0.5) is 0 Å². The van der Waals surface area contributed by atoms with Crippen molar-refractivity contribution in [2.45, 2.75) is 27.2 Å². The van der Waals surface area contributed by atoms with Crippen molar-refractivity contribution in [1.29, 1.82) is 0 Å². The molecule has 0 aliphatic rings.